The highest BCUT2D eigenvalue weighted by Crippen LogP contribution is 2.27. The Balaban J connectivity index is 2.55. The largest absolute Gasteiger partial charge is 0.490 e. The van der Waals surface area contributed by atoms with Gasteiger partial charge in [0.25, 0.3) is 0 Å². The molecule has 0 saturated carbocycles. The molecule has 1 N–H and O–H groups in total. The second kappa shape index (κ2) is 8.92. The van der Waals surface area contributed by atoms with Crippen molar-refractivity contribution in [3.05, 3.63) is 28.0 Å². The van der Waals surface area contributed by atoms with Gasteiger partial charge in [-0.3, -0.25) is 0 Å². The molecule has 1 aromatic rings. The molecule has 0 spiro atoms. The molecule has 112 valence electrons. The van der Waals surface area contributed by atoms with E-state index in [-0.39, 0.29) is 17.9 Å². The summed E-state index contributed by atoms with van der Waals surface area (Å²) in [6, 6.07) is 2.52. The monoisotopic (exact) mass is 348 g/mol. The van der Waals surface area contributed by atoms with Crippen molar-refractivity contribution in [2.24, 2.45) is 0 Å². The standard InChI is InChI=1S/C14H18BrFO4/c1-19-14(18)10-8-12(16)13(9-11(10)15)20-7-5-3-2-4-6-17/h8-9,17H,2-7H2,1H3. The molecule has 0 aromatic heterocycles. The third-order valence-electron chi connectivity index (χ3n) is 2.74. The van der Waals surface area contributed by atoms with Gasteiger partial charge < -0.3 is 14.6 Å². The van der Waals surface area contributed by atoms with Crippen LogP contribution in [0.4, 0.5) is 4.39 Å². The third kappa shape index (κ3) is 5.09. The summed E-state index contributed by atoms with van der Waals surface area (Å²) in [6.07, 6.45) is 3.40. The van der Waals surface area contributed by atoms with Crippen molar-refractivity contribution in [3.63, 3.8) is 0 Å². The second-order valence-corrected chi connectivity index (χ2v) is 5.09. The number of ether oxygens (including phenoxy) is 2. The van der Waals surface area contributed by atoms with Gasteiger partial charge in [0.05, 0.1) is 19.3 Å². The van der Waals surface area contributed by atoms with E-state index in [9.17, 15) is 9.18 Å². The molecule has 0 atom stereocenters. The first-order valence-electron chi connectivity index (χ1n) is 6.41. The summed E-state index contributed by atoms with van der Waals surface area (Å²) in [6.45, 7) is 0.587. The van der Waals surface area contributed by atoms with E-state index < -0.39 is 11.8 Å². The van der Waals surface area contributed by atoms with E-state index in [1.54, 1.807) is 0 Å². The molecule has 1 rings (SSSR count). The summed E-state index contributed by atoms with van der Waals surface area (Å²) in [7, 11) is 1.24. The smallest absolute Gasteiger partial charge is 0.339 e. The van der Waals surface area contributed by atoms with Crippen LogP contribution in [0.25, 0.3) is 0 Å². The number of aliphatic hydroxyl groups is 1. The summed E-state index contributed by atoms with van der Waals surface area (Å²) in [5, 5.41) is 8.64. The Bertz CT molecular complexity index is 451. The van der Waals surface area contributed by atoms with Crippen LogP contribution in [0.3, 0.4) is 0 Å². The van der Waals surface area contributed by atoms with Crippen LogP contribution in [0.1, 0.15) is 36.0 Å². The van der Waals surface area contributed by atoms with Crippen LogP contribution < -0.4 is 4.74 Å². The molecule has 0 saturated heterocycles. The molecular formula is C14H18BrFO4. The quantitative estimate of drug-likeness (QED) is 0.578. The Morgan fingerprint density at radius 3 is 2.65 bits per heavy atom. The van der Waals surface area contributed by atoms with Crippen LogP contribution in [-0.4, -0.2) is 31.4 Å². The average molecular weight is 349 g/mol. The predicted octanol–water partition coefficient (Wildman–Crippen LogP) is 3.31. The lowest BCUT2D eigenvalue weighted by Crippen LogP contribution is -2.05. The first-order chi connectivity index (χ1) is 9.60. The minimum atomic E-state index is -0.605. The topological polar surface area (TPSA) is 55.8 Å². The lowest BCUT2D eigenvalue weighted by atomic mass is 10.2. The molecule has 0 aliphatic carbocycles. The Morgan fingerprint density at radius 1 is 1.30 bits per heavy atom. The number of aliphatic hydroxyl groups excluding tert-OH is 1. The van der Waals surface area contributed by atoms with Gasteiger partial charge in [-0.2, -0.15) is 0 Å². The summed E-state index contributed by atoms with van der Waals surface area (Å²) < 4.78 is 24.1. The van der Waals surface area contributed by atoms with E-state index in [1.807, 2.05) is 0 Å². The normalized spacial score (nSPS) is 10.4. The maximum Gasteiger partial charge on any atom is 0.339 e. The fourth-order valence-corrected chi connectivity index (χ4v) is 2.14. The van der Waals surface area contributed by atoms with Crippen molar-refractivity contribution in [1.29, 1.82) is 0 Å². The third-order valence-corrected chi connectivity index (χ3v) is 3.39. The molecule has 0 radical (unpaired) electrons. The van der Waals surface area contributed by atoms with Gasteiger partial charge in [-0.1, -0.05) is 6.42 Å². The van der Waals surface area contributed by atoms with Gasteiger partial charge in [-0.15, -0.1) is 0 Å². The SMILES string of the molecule is COC(=O)c1cc(F)c(OCCCCCCO)cc1Br. The summed E-state index contributed by atoms with van der Waals surface area (Å²) in [5.41, 5.74) is 0.125. The number of methoxy groups -OCH3 is 1. The van der Waals surface area contributed by atoms with Crippen molar-refractivity contribution in [1.82, 2.24) is 0 Å². The van der Waals surface area contributed by atoms with Crippen LogP contribution in [-0.2, 0) is 4.74 Å². The molecule has 0 unspecified atom stereocenters. The van der Waals surface area contributed by atoms with E-state index in [2.05, 4.69) is 20.7 Å². The number of hydrogen-bond acceptors (Lipinski definition) is 4. The first kappa shape index (κ1) is 16.9. The number of halogens is 2. The van der Waals surface area contributed by atoms with E-state index in [0.29, 0.717) is 11.1 Å². The molecule has 0 fully saturated rings. The predicted molar refractivity (Wildman–Crippen MR) is 76.5 cm³/mol. The highest BCUT2D eigenvalue weighted by atomic mass is 79.9. The molecule has 20 heavy (non-hydrogen) atoms. The molecule has 0 heterocycles. The molecule has 0 aliphatic heterocycles. The minimum absolute atomic E-state index is 0.103. The number of hydrogen-bond donors (Lipinski definition) is 1. The summed E-state index contributed by atoms with van der Waals surface area (Å²) in [4.78, 5) is 11.4. The zero-order valence-electron chi connectivity index (χ0n) is 11.3. The van der Waals surface area contributed by atoms with Crippen molar-refractivity contribution in [2.75, 3.05) is 20.3 Å². The van der Waals surface area contributed by atoms with Gasteiger partial charge in [-0.05, 0) is 47.3 Å². The highest BCUT2D eigenvalue weighted by Gasteiger charge is 2.15. The van der Waals surface area contributed by atoms with E-state index in [0.717, 1.165) is 31.7 Å². The Morgan fingerprint density at radius 2 is 2.00 bits per heavy atom. The maximum atomic E-state index is 13.8. The number of rotatable bonds is 8. The lowest BCUT2D eigenvalue weighted by molar-refractivity contribution is 0.0599. The summed E-state index contributed by atoms with van der Waals surface area (Å²) in [5.74, 6) is -1.10. The van der Waals surface area contributed by atoms with Crippen molar-refractivity contribution >= 4 is 21.9 Å². The van der Waals surface area contributed by atoms with Crippen LogP contribution in [0.2, 0.25) is 0 Å². The fraction of sp³-hybridized carbons (Fsp3) is 0.500. The number of unbranched alkanes of at least 4 members (excludes halogenated alkanes) is 3. The zero-order chi connectivity index (χ0) is 15.0. The molecular weight excluding hydrogens is 331 g/mol. The van der Waals surface area contributed by atoms with Gasteiger partial charge in [-0.25, -0.2) is 9.18 Å². The summed E-state index contributed by atoms with van der Waals surface area (Å²) >= 11 is 3.19. The van der Waals surface area contributed by atoms with Crippen molar-refractivity contribution < 1.29 is 23.8 Å². The Hall–Kier alpha value is -1.14. The highest BCUT2D eigenvalue weighted by molar-refractivity contribution is 9.10. The number of carbonyl (C=O) groups excluding carboxylic acids is 1. The molecule has 1 aromatic carbocycles. The minimum Gasteiger partial charge on any atom is -0.490 e. The van der Waals surface area contributed by atoms with Crippen LogP contribution in [0.15, 0.2) is 16.6 Å². The van der Waals surface area contributed by atoms with E-state index >= 15 is 0 Å². The molecule has 0 aliphatic rings. The first-order valence-corrected chi connectivity index (χ1v) is 7.20. The van der Waals surface area contributed by atoms with E-state index in [1.165, 1.54) is 13.2 Å². The van der Waals surface area contributed by atoms with Gasteiger partial charge in [0, 0.05) is 11.1 Å². The van der Waals surface area contributed by atoms with Crippen LogP contribution >= 0.6 is 15.9 Å². The van der Waals surface area contributed by atoms with Gasteiger partial charge in [0.1, 0.15) is 0 Å². The van der Waals surface area contributed by atoms with Crippen molar-refractivity contribution in [3.8, 4) is 5.75 Å². The molecule has 0 bridgehead atoms. The number of carbonyl (C=O) groups is 1. The van der Waals surface area contributed by atoms with E-state index in [4.69, 9.17) is 9.84 Å². The van der Waals surface area contributed by atoms with Crippen molar-refractivity contribution in [2.45, 2.75) is 25.7 Å². The Kier molecular flexibility index (Phi) is 7.54. The maximum absolute atomic E-state index is 13.8. The lowest BCUT2D eigenvalue weighted by Gasteiger charge is -2.10. The fourth-order valence-electron chi connectivity index (χ4n) is 1.66. The molecule has 0 amide bonds. The van der Waals surface area contributed by atoms with Crippen LogP contribution in [0.5, 0.6) is 5.75 Å². The molecule has 4 nitrogen and oxygen atoms in total. The van der Waals surface area contributed by atoms with Gasteiger partial charge in [0.15, 0.2) is 11.6 Å². The number of esters is 1. The Labute approximate surface area is 126 Å². The zero-order valence-corrected chi connectivity index (χ0v) is 12.9. The average Bonchev–Trinajstić information content (AvgIpc) is 2.44. The van der Waals surface area contributed by atoms with Crippen LogP contribution in [0, 0.1) is 5.82 Å². The van der Waals surface area contributed by atoms with Gasteiger partial charge >= 0.3 is 5.97 Å². The second-order valence-electron chi connectivity index (χ2n) is 4.24. The molecule has 6 heteroatoms. The number of benzene rings is 1. The van der Waals surface area contributed by atoms with Gasteiger partial charge in [0.2, 0.25) is 0 Å².